The van der Waals surface area contributed by atoms with Gasteiger partial charge in [-0.3, -0.25) is 0 Å². The van der Waals surface area contributed by atoms with Gasteiger partial charge in [0.2, 0.25) is 0 Å². The second kappa shape index (κ2) is 6.38. The quantitative estimate of drug-likeness (QED) is 0.618. The molecule has 4 heteroatoms. The Labute approximate surface area is 114 Å². The van der Waals surface area contributed by atoms with Gasteiger partial charge in [-0.15, -0.1) is 0 Å². The van der Waals surface area contributed by atoms with Crippen LogP contribution in [0.4, 0.5) is 11.5 Å². The first-order valence-corrected chi connectivity index (χ1v) is 6.63. The van der Waals surface area contributed by atoms with E-state index >= 15 is 0 Å². The number of anilines is 2. The van der Waals surface area contributed by atoms with Gasteiger partial charge in [-0.1, -0.05) is 13.8 Å². The average Bonchev–Trinajstić information content (AvgIpc) is 2.38. The summed E-state index contributed by atoms with van der Waals surface area (Å²) in [4.78, 5) is 4.53. The van der Waals surface area contributed by atoms with Gasteiger partial charge in [0, 0.05) is 24.2 Å². The number of hydrogen-bond donors (Lipinski definition) is 2. The molecule has 0 aliphatic rings. The Morgan fingerprint density at radius 3 is 2.89 bits per heavy atom. The van der Waals surface area contributed by atoms with Crippen molar-refractivity contribution in [3.8, 4) is 0 Å². The van der Waals surface area contributed by atoms with Crippen LogP contribution in [0.2, 0.25) is 0 Å². The van der Waals surface area contributed by atoms with E-state index in [2.05, 4.69) is 24.1 Å². The third kappa shape index (κ3) is 4.10. The van der Waals surface area contributed by atoms with Crippen LogP contribution in [-0.2, 0) is 4.74 Å². The maximum Gasteiger partial charge on any atom is 0.126 e. The second-order valence-electron chi connectivity index (χ2n) is 5.04. The Morgan fingerprint density at radius 1 is 1.26 bits per heavy atom. The normalized spacial score (nSPS) is 11.1. The molecule has 0 bridgehead atoms. The molecule has 0 unspecified atom stereocenters. The SMILES string of the molecule is CC(C)COCCNc1ccc2cc(N)ccc2n1. The van der Waals surface area contributed by atoms with E-state index < -0.39 is 0 Å². The summed E-state index contributed by atoms with van der Waals surface area (Å²) in [5.74, 6) is 1.44. The molecule has 0 atom stereocenters. The highest BCUT2D eigenvalue weighted by Crippen LogP contribution is 2.17. The van der Waals surface area contributed by atoms with E-state index in [-0.39, 0.29) is 0 Å². The number of hydrogen-bond acceptors (Lipinski definition) is 4. The standard InChI is InChI=1S/C15H21N3O/c1-11(2)10-19-8-7-17-15-6-3-12-9-13(16)4-5-14(12)18-15/h3-6,9,11H,7-8,10,16H2,1-2H3,(H,17,18). The largest absolute Gasteiger partial charge is 0.399 e. The summed E-state index contributed by atoms with van der Waals surface area (Å²) in [6.45, 7) is 6.54. The Bertz CT molecular complexity index is 540. The summed E-state index contributed by atoms with van der Waals surface area (Å²) in [5, 5.41) is 4.31. The number of pyridine rings is 1. The zero-order valence-corrected chi connectivity index (χ0v) is 11.5. The molecule has 0 fully saturated rings. The van der Waals surface area contributed by atoms with Gasteiger partial charge in [0.05, 0.1) is 12.1 Å². The first-order valence-electron chi connectivity index (χ1n) is 6.63. The third-order valence-electron chi connectivity index (χ3n) is 2.72. The number of benzene rings is 1. The Balaban J connectivity index is 1.89. The number of nitrogen functional groups attached to an aromatic ring is 1. The fourth-order valence-electron chi connectivity index (χ4n) is 1.81. The van der Waals surface area contributed by atoms with E-state index in [1.165, 1.54) is 0 Å². The van der Waals surface area contributed by atoms with Crippen molar-refractivity contribution in [2.45, 2.75) is 13.8 Å². The zero-order chi connectivity index (χ0) is 13.7. The lowest BCUT2D eigenvalue weighted by atomic mass is 10.2. The molecule has 1 aromatic carbocycles. The maximum absolute atomic E-state index is 5.74. The number of ether oxygens (including phenoxy) is 1. The number of nitrogens with two attached hydrogens (primary N) is 1. The summed E-state index contributed by atoms with van der Waals surface area (Å²) in [7, 11) is 0. The van der Waals surface area contributed by atoms with Crippen LogP contribution in [0.3, 0.4) is 0 Å². The molecule has 0 saturated heterocycles. The molecular weight excluding hydrogens is 238 g/mol. The van der Waals surface area contributed by atoms with Crippen molar-refractivity contribution in [1.29, 1.82) is 0 Å². The molecule has 0 spiro atoms. The van der Waals surface area contributed by atoms with Crippen molar-refractivity contribution >= 4 is 22.4 Å². The minimum Gasteiger partial charge on any atom is -0.399 e. The number of aromatic nitrogens is 1. The summed E-state index contributed by atoms with van der Waals surface area (Å²) in [6.07, 6.45) is 0. The minimum absolute atomic E-state index is 0.573. The van der Waals surface area contributed by atoms with Gasteiger partial charge in [0.1, 0.15) is 5.82 Å². The van der Waals surface area contributed by atoms with Crippen molar-refractivity contribution in [2.75, 3.05) is 30.8 Å². The molecule has 0 amide bonds. The van der Waals surface area contributed by atoms with Gasteiger partial charge in [-0.05, 0) is 36.2 Å². The van der Waals surface area contributed by atoms with Gasteiger partial charge in [0.15, 0.2) is 0 Å². The fourth-order valence-corrected chi connectivity index (χ4v) is 1.81. The van der Waals surface area contributed by atoms with E-state index in [4.69, 9.17) is 10.5 Å². The van der Waals surface area contributed by atoms with Crippen LogP contribution < -0.4 is 11.1 Å². The van der Waals surface area contributed by atoms with Crippen LogP contribution in [0, 0.1) is 5.92 Å². The van der Waals surface area contributed by atoms with Gasteiger partial charge in [-0.2, -0.15) is 0 Å². The van der Waals surface area contributed by atoms with Crippen LogP contribution in [0.15, 0.2) is 30.3 Å². The second-order valence-corrected chi connectivity index (χ2v) is 5.04. The highest BCUT2D eigenvalue weighted by Gasteiger charge is 1.99. The predicted molar refractivity (Wildman–Crippen MR) is 80.3 cm³/mol. The Morgan fingerprint density at radius 2 is 2.11 bits per heavy atom. The lowest BCUT2D eigenvalue weighted by Crippen LogP contribution is -2.12. The van der Waals surface area contributed by atoms with Gasteiger partial charge < -0.3 is 15.8 Å². The molecule has 19 heavy (non-hydrogen) atoms. The predicted octanol–water partition coefficient (Wildman–Crippen LogP) is 2.90. The summed E-state index contributed by atoms with van der Waals surface area (Å²) in [5.41, 5.74) is 7.45. The third-order valence-corrected chi connectivity index (χ3v) is 2.72. The molecular formula is C15H21N3O. The lowest BCUT2D eigenvalue weighted by Gasteiger charge is -2.09. The van der Waals surface area contributed by atoms with Crippen LogP contribution in [-0.4, -0.2) is 24.7 Å². The van der Waals surface area contributed by atoms with Gasteiger partial charge in [-0.25, -0.2) is 4.98 Å². The molecule has 2 rings (SSSR count). The molecule has 2 aromatic rings. The number of rotatable bonds is 6. The van der Waals surface area contributed by atoms with E-state index in [9.17, 15) is 0 Å². The van der Waals surface area contributed by atoms with E-state index in [1.807, 2.05) is 30.3 Å². The first-order chi connectivity index (χ1) is 9.15. The van der Waals surface area contributed by atoms with E-state index in [0.717, 1.165) is 35.6 Å². The van der Waals surface area contributed by atoms with E-state index in [1.54, 1.807) is 0 Å². The molecule has 102 valence electrons. The summed E-state index contributed by atoms with van der Waals surface area (Å²) >= 11 is 0. The highest BCUT2D eigenvalue weighted by atomic mass is 16.5. The monoisotopic (exact) mass is 259 g/mol. The van der Waals surface area contributed by atoms with Crippen LogP contribution in [0.25, 0.3) is 10.9 Å². The van der Waals surface area contributed by atoms with Crippen LogP contribution in [0.1, 0.15) is 13.8 Å². The minimum atomic E-state index is 0.573. The number of nitrogens with zero attached hydrogens (tertiary/aromatic N) is 1. The van der Waals surface area contributed by atoms with Gasteiger partial charge in [0.25, 0.3) is 0 Å². The molecule has 1 heterocycles. The lowest BCUT2D eigenvalue weighted by molar-refractivity contribution is 0.118. The maximum atomic E-state index is 5.74. The van der Waals surface area contributed by atoms with Crippen LogP contribution in [0.5, 0.6) is 0 Å². The summed E-state index contributed by atoms with van der Waals surface area (Å²) in [6, 6.07) is 9.72. The Hall–Kier alpha value is -1.81. The summed E-state index contributed by atoms with van der Waals surface area (Å²) < 4.78 is 5.51. The first kappa shape index (κ1) is 13.6. The number of fused-ring (bicyclic) bond motifs is 1. The molecule has 4 nitrogen and oxygen atoms in total. The highest BCUT2D eigenvalue weighted by molar-refractivity contribution is 5.83. The molecule has 0 aliphatic heterocycles. The number of nitrogens with one attached hydrogen (secondary N) is 1. The zero-order valence-electron chi connectivity index (χ0n) is 11.5. The molecule has 0 radical (unpaired) electrons. The van der Waals surface area contributed by atoms with Gasteiger partial charge >= 0.3 is 0 Å². The van der Waals surface area contributed by atoms with Crippen LogP contribution >= 0.6 is 0 Å². The topological polar surface area (TPSA) is 60.2 Å². The van der Waals surface area contributed by atoms with Crippen molar-refractivity contribution in [2.24, 2.45) is 5.92 Å². The van der Waals surface area contributed by atoms with Crippen molar-refractivity contribution in [3.63, 3.8) is 0 Å². The molecule has 3 N–H and O–H groups in total. The molecule has 1 aromatic heterocycles. The van der Waals surface area contributed by atoms with Crippen molar-refractivity contribution in [1.82, 2.24) is 4.98 Å². The molecule has 0 aliphatic carbocycles. The smallest absolute Gasteiger partial charge is 0.126 e. The Kier molecular flexibility index (Phi) is 4.58. The van der Waals surface area contributed by atoms with Crippen molar-refractivity contribution in [3.05, 3.63) is 30.3 Å². The average molecular weight is 259 g/mol. The van der Waals surface area contributed by atoms with E-state index in [0.29, 0.717) is 12.5 Å². The molecule has 0 saturated carbocycles. The van der Waals surface area contributed by atoms with Crippen molar-refractivity contribution < 1.29 is 4.74 Å². The fraction of sp³-hybridized carbons (Fsp3) is 0.400.